The molecule has 0 aliphatic heterocycles. The fourth-order valence-electron chi connectivity index (χ4n) is 2.45. The molecule has 2 aromatic rings. The molecule has 20 heavy (non-hydrogen) atoms. The molecular formula is C19H25N. The molecule has 0 fully saturated rings. The van der Waals surface area contributed by atoms with Crippen molar-refractivity contribution in [3.63, 3.8) is 0 Å². The van der Waals surface area contributed by atoms with Gasteiger partial charge in [-0.2, -0.15) is 0 Å². The molecule has 0 atom stereocenters. The van der Waals surface area contributed by atoms with Crippen molar-refractivity contribution < 1.29 is 0 Å². The average Bonchev–Trinajstić information content (AvgIpc) is 2.44. The summed E-state index contributed by atoms with van der Waals surface area (Å²) in [5.41, 5.74) is 4.26. The van der Waals surface area contributed by atoms with Crippen LogP contribution in [0.15, 0.2) is 54.6 Å². The van der Waals surface area contributed by atoms with Crippen LogP contribution >= 0.6 is 0 Å². The van der Waals surface area contributed by atoms with Crippen LogP contribution in [0.3, 0.4) is 0 Å². The summed E-state index contributed by atoms with van der Waals surface area (Å²) < 4.78 is 0. The summed E-state index contributed by atoms with van der Waals surface area (Å²) in [5.74, 6) is 0. The summed E-state index contributed by atoms with van der Waals surface area (Å²) in [6.45, 7) is 7.80. The molecule has 0 aliphatic rings. The van der Waals surface area contributed by atoms with Crippen molar-refractivity contribution in [3.05, 3.63) is 65.7 Å². The van der Waals surface area contributed by atoms with E-state index < -0.39 is 0 Å². The van der Waals surface area contributed by atoms with Crippen LogP contribution in [0.5, 0.6) is 0 Å². The standard InChI is InChI=1S/C19H25N/c1-19(2,3)17-13-7-8-14-18(17)20-15-9-12-16-10-5-4-6-11-16/h4-8,10-11,13-14,20H,9,12,15H2,1-3H3. The minimum Gasteiger partial charge on any atom is -0.385 e. The SMILES string of the molecule is CC(C)(C)c1ccccc1NCCCc1ccccc1. The molecule has 2 aromatic carbocycles. The van der Waals surface area contributed by atoms with Crippen LogP contribution in [0.25, 0.3) is 0 Å². The number of benzene rings is 2. The maximum absolute atomic E-state index is 3.59. The Bertz CT molecular complexity index is 523. The highest BCUT2D eigenvalue weighted by molar-refractivity contribution is 5.54. The molecule has 0 heterocycles. The Kier molecular flexibility index (Phi) is 4.84. The first-order chi connectivity index (χ1) is 9.57. The first-order valence-electron chi connectivity index (χ1n) is 7.45. The first kappa shape index (κ1) is 14.6. The van der Waals surface area contributed by atoms with Gasteiger partial charge in [-0.1, -0.05) is 69.3 Å². The van der Waals surface area contributed by atoms with Crippen LogP contribution < -0.4 is 5.32 Å². The second-order valence-corrected chi connectivity index (χ2v) is 6.31. The Morgan fingerprint density at radius 2 is 1.50 bits per heavy atom. The second kappa shape index (κ2) is 6.60. The lowest BCUT2D eigenvalue weighted by Crippen LogP contribution is -2.15. The molecule has 1 heteroatoms. The van der Waals surface area contributed by atoms with Crippen molar-refractivity contribution in [2.45, 2.75) is 39.0 Å². The molecule has 0 unspecified atom stereocenters. The van der Waals surface area contributed by atoms with Gasteiger partial charge >= 0.3 is 0 Å². The predicted molar refractivity (Wildman–Crippen MR) is 88.4 cm³/mol. The molecular weight excluding hydrogens is 242 g/mol. The molecule has 0 aromatic heterocycles. The fraction of sp³-hybridized carbons (Fsp3) is 0.368. The third-order valence-electron chi connectivity index (χ3n) is 3.54. The van der Waals surface area contributed by atoms with E-state index in [2.05, 4.69) is 80.7 Å². The van der Waals surface area contributed by atoms with Crippen LogP contribution in [-0.2, 0) is 11.8 Å². The molecule has 0 bridgehead atoms. The molecule has 0 aliphatic carbocycles. The molecule has 2 rings (SSSR count). The molecule has 106 valence electrons. The molecule has 1 N–H and O–H groups in total. The number of para-hydroxylation sites is 1. The van der Waals surface area contributed by atoms with Crippen molar-refractivity contribution >= 4 is 5.69 Å². The number of hydrogen-bond acceptors (Lipinski definition) is 1. The highest BCUT2D eigenvalue weighted by Crippen LogP contribution is 2.29. The van der Waals surface area contributed by atoms with E-state index in [1.165, 1.54) is 16.8 Å². The van der Waals surface area contributed by atoms with E-state index in [1.807, 2.05) is 0 Å². The Hall–Kier alpha value is -1.76. The first-order valence-corrected chi connectivity index (χ1v) is 7.45. The maximum atomic E-state index is 3.59. The van der Waals surface area contributed by atoms with E-state index in [0.29, 0.717) is 0 Å². The zero-order valence-corrected chi connectivity index (χ0v) is 12.8. The number of anilines is 1. The van der Waals surface area contributed by atoms with Gasteiger partial charge in [0.2, 0.25) is 0 Å². The largest absolute Gasteiger partial charge is 0.385 e. The molecule has 0 amide bonds. The molecule has 0 saturated heterocycles. The minimum absolute atomic E-state index is 0.184. The zero-order valence-electron chi connectivity index (χ0n) is 12.8. The number of aryl methyl sites for hydroxylation is 1. The maximum Gasteiger partial charge on any atom is 0.0378 e. The highest BCUT2D eigenvalue weighted by atomic mass is 14.9. The molecule has 0 saturated carbocycles. The van der Waals surface area contributed by atoms with E-state index in [0.717, 1.165) is 19.4 Å². The number of rotatable bonds is 5. The Labute approximate surface area is 123 Å². The van der Waals surface area contributed by atoms with Crippen molar-refractivity contribution in [2.24, 2.45) is 0 Å². The van der Waals surface area contributed by atoms with Gasteiger partial charge in [-0.25, -0.2) is 0 Å². The van der Waals surface area contributed by atoms with Crippen LogP contribution in [0.2, 0.25) is 0 Å². The summed E-state index contributed by atoms with van der Waals surface area (Å²) in [5, 5.41) is 3.59. The Morgan fingerprint density at radius 3 is 2.20 bits per heavy atom. The van der Waals surface area contributed by atoms with E-state index >= 15 is 0 Å². The van der Waals surface area contributed by atoms with Crippen molar-refractivity contribution in [3.8, 4) is 0 Å². The third kappa shape index (κ3) is 4.12. The lowest BCUT2D eigenvalue weighted by molar-refractivity contribution is 0.591. The highest BCUT2D eigenvalue weighted by Gasteiger charge is 2.16. The zero-order chi connectivity index (χ0) is 14.4. The van der Waals surface area contributed by atoms with Gasteiger partial charge in [0.15, 0.2) is 0 Å². The van der Waals surface area contributed by atoms with Crippen LogP contribution in [-0.4, -0.2) is 6.54 Å². The molecule has 0 radical (unpaired) electrons. The van der Waals surface area contributed by atoms with Gasteiger partial charge in [0, 0.05) is 12.2 Å². The predicted octanol–water partition coefficient (Wildman–Crippen LogP) is 5.03. The van der Waals surface area contributed by atoms with Crippen LogP contribution in [0, 0.1) is 0 Å². The van der Waals surface area contributed by atoms with E-state index in [4.69, 9.17) is 0 Å². The third-order valence-corrected chi connectivity index (χ3v) is 3.54. The number of hydrogen-bond donors (Lipinski definition) is 1. The number of nitrogens with one attached hydrogen (secondary N) is 1. The summed E-state index contributed by atoms with van der Waals surface area (Å²) in [4.78, 5) is 0. The van der Waals surface area contributed by atoms with Gasteiger partial charge in [0.1, 0.15) is 0 Å². The molecule has 1 nitrogen and oxygen atoms in total. The lowest BCUT2D eigenvalue weighted by atomic mass is 9.86. The van der Waals surface area contributed by atoms with E-state index in [9.17, 15) is 0 Å². The fourth-order valence-corrected chi connectivity index (χ4v) is 2.45. The molecule has 0 spiro atoms. The van der Waals surface area contributed by atoms with Gasteiger partial charge in [0.25, 0.3) is 0 Å². The van der Waals surface area contributed by atoms with Gasteiger partial charge in [0.05, 0.1) is 0 Å². The average molecular weight is 267 g/mol. The van der Waals surface area contributed by atoms with Crippen LogP contribution in [0.1, 0.15) is 38.3 Å². The Morgan fingerprint density at radius 1 is 0.850 bits per heavy atom. The smallest absolute Gasteiger partial charge is 0.0378 e. The van der Waals surface area contributed by atoms with Gasteiger partial charge in [-0.05, 0) is 35.4 Å². The van der Waals surface area contributed by atoms with Crippen LogP contribution in [0.4, 0.5) is 5.69 Å². The summed E-state index contributed by atoms with van der Waals surface area (Å²) in [6, 6.07) is 19.3. The van der Waals surface area contributed by atoms with Gasteiger partial charge < -0.3 is 5.32 Å². The lowest BCUT2D eigenvalue weighted by Gasteiger charge is -2.23. The Balaban J connectivity index is 1.89. The van der Waals surface area contributed by atoms with Gasteiger partial charge in [-0.15, -0.1) is 0 Å². The van der Waals surface area contributed by atoms with Crippen molar-refractivity contribution in [1.29, 1.82) is 0 Å². The minimum atomic E-state index is 0.184. The summed E-state index contributed by atoms with van der Waals surface area (Å²) in [6.07, 6.45) is 2.29. The van der Waals surface area contributed by atoms with Gasteiger partial charge in [-0.3, -0.25) is 0 Å². The quantitative estimate of drug-likeness (QED) is 0.749. The van der Waals surface area contributed by atoms with Crippen molar-refractivity contribution in [1.82, 2.24) is 0 Å². The monoisotopic (exact) mass is 267 g/mol. The summed E-state index contributed by atoms with van der Waals surface area (Å²) >= 11 is 0. The van der Waals surface area contributed by atoms with Crippen molar-refractivity contribution in [2.75, 3.05) is 11.9 Å². The summed E-state index contributed by atoms with van der Waals surface area (Å²) in [7, 11) is 0. The second-order valence-electron chi connectivity index (χ2n) is 6.31. The normalized spacial score (nSPS) is 11.3. The van der Waals surface area contributed by atoms with E-state index in [-0.39, 0.29) is 5.41 Å². The topological polar surface area (TPSA) is 12.0 Å². The van der Waals surface area contributed by atoms with E-state index in [1.54, 1.807) is 0 Å².